The molecule has 33 heavy (non-hydrogen) atoms. The predicted molar refractivity (Wildman–Crippen MR) is 138 cm³/mol. The molecule has 4 aromatic rings. The zero-order valence-electron chi connectivity index (χ0n) is 19.4. The van der Waals surface area contributed by atoms with Crippen molar-refractivity contribution in [3.05, 3.63) is 70.1 Å². The molecule has 172 valence electrons. The fraction of sp³-hybridized carbons (Fsp3) is 0.360. The van der Waals surface area contributed by atoms with Crippen LogP contribution in [0.2, 0.25) is 0 Å². The predicted octanol–water partition coefficient (Wildman–Crippen LogP) is 5.33. The topological polar surface area (TPSA) is 63.9 Å². The Bertz CT molecular complexity index is 1260. The number of hydrogen-bond donors (Lipinski definition) is 0. The van der Waals surface area contributed by atoms with Gasteiger partial charge in [0.2, 0.25) is 0 Å². The van der Waals surface area contributed by atoms with Crippen molar-refractivity contribution in [2.45, 2.75) is 57.2 Å². The number of thioether (sulfide) groups is 1. The molecule has 6 nitrogen and oxygen atoms in total. The van der Waals surface area contributed by atoms with Gasteiger partial charge in [-0.05, 0) is 52.0 Å². The average molecular weight is 480 g/mol. The molecule has 8 heteroatoms. The first-order valence-electron chi connectivity index (χ1n) is 11.2. The van der Waals surface area contributed by atoms with E-state index in [2.05, 4.69) is 43.0 Å². The Hall–Kier alpha value is -2.55. The summed E-state index contributed by atoms with van der Waals surface area (Å²) in [7, 11) is 0. The fourth-order valence-electron chi connectivity index (χ4n) is 3.90. The molecule has 0 aliphatic rings. The Labute approximate surface area is 202 Å². The number of hydrogen-bond acceptors (Lipinski definition) is 7. The van der Waals surface area contributed by atoms with Crippen molar-refractivity contribution in [3.8, 4) is 10.7 Å². The highest BCUT2D eigenvalue weighted by Gasteiger charge is 2.17. The molecular formula is C25H29N5OS2. The van der Waals surface area contributed by atoms with Gasteiger partial charge in [0.1, 0.15) is 5.01 Å². The average Bonchev–Trinajstić information content (AvgIpc) is 3.28. The molecule has 0 spiro atoms. The third-order valence-electron chi connectivity index (χ3n) is 5.52. The summed E-state index contributed by atoms with van der Waals surface area (Å²) < 4.78 is 1.83. The van der Waals surface area contributed by atoms with Gasteiger partial charge in [-0.25, -0.2) is 9.97 Å². The van der Waals surface area contributed by atoms with Crippen LogP contribution >= 0.6 is 23.1 Å². The minimum absolute atomic E-state index is 0.0167. The van der Waals surface area contributed by atoms with Crippen LogP contribution in [0.3, 0.4) is 0 Å². The van der Waals surface area contributed by atoms with Crippen molar-refractivity contribution < 1.29 is 0 Å². The van der Waals surface area contributed by atoms with E-state index in [9.17, 15) is 4.79 Å². The van der Waals surface area contributed by atoms with Gasteiger partial charge in [-0.3, -0.25) is 19.2 Å². The molecule has 0 amide bonds. The number of fused-ring (bicyclic) bond motifs is 1. The highest BCUT2D eigenvalue weighted by Crippen LogP contribution is 2.26. The van der Waals surface area contributed by atoms with E-state index in [1.165, 1.54) is 0 Å². The van der Waals surface area contributed by atoms with Crippen molar-refractivity contribution in [2.24, 2.45) is 0 Å². The number of para-hydroxylation sites is 1. The molecule has 3 aromatic heterocycles. The van der Waals surface area contributed by atoms with Gasteiger partial charge < -0.3 is 0 Å². The second-order valence-electron chi connectivity index (χ2n) is 8.44. The first-order chi connectivity index (χ1) is 15.9. The number of thiazole rings is 1. The summed E-state index contributed by atoms with van der Waals surface area (Å²) in [5.41, 5.74) is 2.59. The van der Waals surface area contributed by atoms with Gasteiger partial charge in [0.25, 0.3) is 5.56 Å². The number of rotatable bonds is 9. The summed E-state index contributed by atoms with van der Waals surface area (Å²) in [6, 6.07) is 14.2. The van der Waals surface area contributed by atoms with Gasteiger partial charge in [0, 0.05) is 42.5 Å². The smallest absolute Gasteiger partial charge is 0.262 e. The van der Waals surface area contributed by atoms with Crippen LogP contribution in [-0.4, -0.2) is 43.0 Å². The van der Waals surface area contributed by atoms with Crippen molar-refractivity contribution in [1.29, 1.82) is 0 Å². The number of benzene rings is 1. The summed E-state index contributed by atoms with van der Waals surface area (Å²) in [5.74, 6) is 0.645. The lowest BCUT2D eigenvalue weighted by Gasteiger charge is -2.30. The van der Waals surface area contributed by atoms with Crippen LogP contribution in [0.5, 0.6) is 0 Å². The Kier molecular flexibility index (Phi) is 7.57. The molecule has 0 aliphatic carbocycles. The van der Waals surface area contributed by atoms with Gasteiger partial charge in [0.15, 0.2) is 5.16 Å². The number of pyridine rings is 1. The van der Waals surface area contributed by atoms with Gasteiger partial charge in [-0.2, -0.15) is 0 Å². The molecule has 0 bridgehead atoms. The standard InChI is InChI=1S/C25H29N5OS2/c1-17(2)29(18(3)4)13-14-30-24(31)20-9-5-6-10-21(20)28-25(30)33-16-19-15-32-23(27-19)22-11-7-8-12-26-22/h5-12,15,17-18H,13-14,16H2,1-4H3. The van der Waals surface area contributed by atoms with E-state index >= 15 is 0 Å². The summed E-state index contributed by atoms with van der Waals surface area (Å²) in [4.78, 5) is 29.8. The van der Waals surface area contributed by atoms with Crippen LogP contribution in [0.15, 0.2) is 64.0 Å². The summed E-state index contributed by atoms with van der Waals surface area (Å²) in [5, 5.41) is 4.35. The quantitative estimate of drug-likeness (QED) is 0.239. The first-order valence-corrected chi connectivity index (χ1v) is 13.0. The van der Waals surface area contributed by atoms with E-state index in [0.717, 1.165) is 33.6 Å². The molecular weight excluding hydrogens is 450 g/mol. The summed E-state index contributed by atoms with van der Waals surface area (Å²) >= 11 is 3.15. The van der Waals surface area contributed by atoms with Gasteiger partial charge in [-0.1, -0.05) is 30.0 Å². The maximum Gasteiger partial charge on any atom is 0.262 e. The molecule has 0 saturated heterocycles. The largest absolute Gasteiger partial charge is 0.297 e. The van der Waals surface area contributed by atoms with Crippen molar-refractivity contribution in [1.82, 2.24) is 24.4 Å². The molecule has 0 saturated carbocycles. The summed E-state index contributed by atoms with van der Waals surface area (Å²) in [6.07, 6.45) is 1.78. The fourth-order valence-corrected chi connectivity index (χ4v) is 5.72. The third-order valence-corrected chi connectivity index (χ3v) is 7.44. The maximum atomic E-state index is 13.4. The Morgan fingerprint density at radius 2 is 1.79 bits per heavy atom. The monoisotopic (exact) mass is 479 g/mol. The summed E-state index contributed by atoms with van der Waals surface area (Å²) in [6.45, 7) is 10.2. The molecule has 0 N–H and O–H groups in total. The molecule has 4 rings (SSSR count). The highest BCUT2D eigenvalue weighted by molar-refractivity contribution is 7.98. The molecule has 0 unspecified atom stereocenters. The first kappa shape index (κ1) is 23.6. The van der Waals surface area contributed by atoms with Gasteiger partial charge >= 0.3 is 0 Å². The van der Waals surface area contributed by atoms with Crippen LogP contribution in [-0.2, 0) is 12.3 Å². The zero-order valence-corrected chi connectivity index (χ0v) is 21.1. The van der Waals surface area contributed by atoms with Crippen LogP contribution in [0.1, 0.15) is 33.4 Å². The molecule has 0 aliphatic heterocycles. The van der Waals surface area contributed by atoms with Crippen LogP contribution in [0.4, 0.5) is 0 Å². The maximum absolute atomic E-state index is 13.4. The molecule has 0 atom stereocenters. The van der Waals surface area contributed by atoms with Gasteiger partial charge in [-0.15, -0.1) is 11.3 Å². The van der Waals surface area contributed by atoms with E-state index in [-0.39, 0.29) is 5.56 Å². The van der Waals surface area contributed by atoms with Crippen LogP contribution in [0.25, 0.3) is 21.6 Å². The second kappa shape index (κ2) is 10.6. The lowest BCUT2D eigenvalue weighted by molar-refractivity contribution is 0.166. The van der Waals surface area contributed by atoms with Crippen molar-refractivity contribution >= 4 is 34.0 Å². The highest BCUT2D eigenvalue weighted by atomic mass is 32.2. The third kappa shape index (κ3) is 5.51. The van der Waals surface area contributed by atoms with E-state index < -0.39 is 0 Å². The van der Waals surface area contributed by atoms with Crippen LogP contribution in [0, 0.1) is 0 Å². The number of nitrogens with zero attached hydrogens (tertiary/aromatic N) is 5. The molecule has 1 aromatic carbocycles. The normalized spacial score (nSPS) is 11.8. The lowest BCUT2D eigenvalue weighted by Crippen LogP contribution is -2.40. The van der Waals surface area contributed by atoms with Crippen molar-refractivity contribution in [3.63, 3.8) is 0 Å². The Morgan fingerprint density at radius 1 is 1.03 bits per heavy atom. The zero-order chi connectivity index (χ0) is 23.4. The van der Waals surface area contributed by atoms with E-state index in [1.807, 2.05) is 47.0 Å². The lowest BCUT2D eigenvalue weighted by atomic mass is 10.2. The van der Waals surface area contributed by atoms with Gasteiger partial charge in [0.05, 0.1) is 22.3 Å². The minimum Gasteiger partial charge on any atom is -0.297 e. The SMILES string of the molecule is CC(C)N(CCn1c(SCc2csc(-c3ccccn3)n2)nc2ccccc2c1=O)C(C)C. The molecule has 0 fully saturated rings. The Morgan fingerprint density at radius 3 is 2.52 bits per heavy atom. The molecule has 3 heterocycles. The van der Waals surface area contributed by atoms with Crippen molar-refractivity contribution in [2.75, 3.05) is 6.54 Å². The second-order valence-corrected chi connectivity index (χ2v) is 10.2. The van der Waals surface area contributed by atoms with Crippen LogP contribution < -0.4 is 5.56 Å². The van der Waals surface area contributed by atoms with E-state index in [1.54, 1.807) is 29.3 Å². The minimum atomic E-state index is 0.0167. The number of aromatic nitrogens is 4. The van der Waals surface area contributed by atoms with E-state index in [0.29, 0.717) is 29.8 Å². The molecule has 0 radical (unpaired) electrons. The van der Waals surface area contributed by atoms with E-state index in [4.69, 9.17) is 9.97 Å². The Balaban J connectivity index is 1.60.